The first kappa shape index (κ1) is 13.3. The van der Waals surface area contributed by atoms with Crippen molar-refractivity contribution in [3.8, 4) is 0 Å². The summed E-state index contributed by atoms with van der Waals surface area (Å²) in [4.78, 5) is 15.5. The molecule has 0 aliphatic carbocycles. The summed E-state index contributed by atoms with van der Waals surface area (Å²) < 4.78 is 9.92. The van der Waals surface area contributed by atoms with Gasteiger partial charge in [0.1, 0.15) is 5.76 Å². The van der Waals surface area contributed by atoms with Gasteiger partial charge in [-0.05, 0) is 31.2 Å². The number of methoxy groups -OCH3 is 1. The summed E-state index contributed by atoms with van der Waals surface area (Å²) in [6, 6.07) is 7.39. The second kappa shape index (κ2) is 6.15. The maximum absolute atomic E-state index is 11.3. The molecule has 2 heterocycles. The molecular formula is C14H16N2O3. The molecule has 0 aliphatic heterocycles. The SMILES string of the molecule is COC(=O)c1ccc(CNC(C)c2ccco2)nc1. The Bertz CT molecular complexity index is 520. The summed E-state index contributed by atoms with van der Waals surface area (Å²) in [7, 11) is 1.35. The van der Waals surface area contributed by atoms with Crippen LogP contribution in [0.3, 0.4) is 0 Å². The van der Waals surface area contributed by atoms with Crippen LogP contribution in [0.1, 0.15) is 34.8 Å². The van der Waals surface area contributed by atoms with Crippen molar-refractivity contribution in [1.82, 2.24) is 10.3 Å². The van der Waals surface area contributed by atoms with E-state index < -0.39 is 0 Å². The van der Waals surface area contributed by atoms with Crippen molar-refractivity contribution in [2.45, 2.75) is 19.5 Å². The fourth-order valence-electron chi connectivity index (χ4n) is 1.66. The zero-order valence-corrected chi connectivity index (χ0v) is 10.9. The molecule has 5 nitrogen and oxygen atoms in total. The number of aromatic nitrogens is 1. The Morgan fingerprint density at radius 1 is 1.47 bits per heavy atom. The highest BCUT2D eigenvalue weighted by atomic mass is 16.5. The van der Waals surface area contributed by atoms with Crippen molar-refractivity contribution in [2.24, 2.45) is 0 Å². The smallest absolute Gasteiger partial charge is 0.339 e. The lowest BCUT2D eigenvalue weighted by Crippen LogP contribution is -2.18. The number of hydrogen-bond donors (Lipinski definition) is 1. The van der Waals surface area contributed by atoms with E-state index >= 15 is 0 Å². The average molecular weight is 260 g/mol. The van der Waals surface area contributed by atoms with Crippen LogP contribution in [0.2, 0.25) is 0 Å². The molecule has 0 amide bonds. The Balaban J connectivity index is 1.91. The lowest BCUT2D eigenvalue weighted by molar-refractivity contribution is 0.0600. The number of ether oxygens (including phenoxy) is 1. The zero-order chi connectivity index (χ0) is 13.7. The highest BCUT2D eigenvalue weighted by Gasteiger charge is 2.09. The van der Waals surface area contributed by atoms with E-state index in [9.17, 15) is 4.79 Å². The molecule has 5 heteroatoms. The van der Waals surface area contributed by atoms with Crippen LogP contribution >= 0.6 is 0 Å². The van der Waals surface area contributed by atoms with Gasteiger partial charge in [-0.15, -0.1) is 0 Å². The van der Waals surface area contributed by atoms with E-state index in [2.05, 4.69) is 15.0 Å². The van der Waals surface area contributed by atoms with Crippen LogP contribution in [0, 0.1) is 0 Å². The number of esters is 1. The van der Waals surface area contributed by atoms with E-state index in [0.29, 0.717) is 12.1 Å². The van der Waals surface area contributed by atoms with Gasteiger partial charge in [-0.1, -0.05) is 0 Å². The minimum atomic E-state index is -0.379. The molecule has 1 atom stereocenters. The summed E-state index contributed by atoms with van der Waals surface area (Å²) in [5.74, 6) is 0.502. The maximum atomic E-state index is 11.3. The summed E-state index contributed by atoms with van der Waals surface area (Å²) in [6.07, 6.45) is 3.16. The van der Waals surface area contributed by atoms with Gasteiger partial charge in [0, 0.05) is 12.7 Å². The van der Waals surface area contributed by atoms with Gasteiger partial charge in [0.15, 0.2) is 0 Å². The van der Waals surface area contributed by atoms with E-state index in [1.165, 1.54) is 13.3 Å². The third-order valence-electron chi connectivity index (χ3n) is 2.81. The van der Waals surface area contributed by atoms with Crippen LogP contribution in [0.5, 0.6) is 0 Å². The van der Waals surface area contributed by atoms with Gasteiger partial charge in [-0.25, -0.2) is 4.79 Å². The summed E-state index contributed by atoms with van der Waals surface area (Å²) in [6.45, 7) is 2.62. The number of pyridine rings is 1. The molecule has 1 unspecified atom stereocenters. The lowest BCUT2D eigenvalue weighted by atomic mass is 10.2. The molecule has 0 bridgehead atoms. The molecule has 0 saturated carbocycles. The fourth-order valence-corrected chi connectivity index (χ4v) is 1.66. The first-order valence-corrected chi connectivity index (χ1v) is 6.00. The van der Waals surface area contributed by atoms with Gasteiger partial charge < -0.3 is 14.5 Å². The molecular weight excluding hydrogens is 244 g/mol. The third kappa shape index (κ3) is 3.42. The zero-order valence-electron chi connectivity index (χ0n) is 10.9. The minimum absolute atomic E-state index is 0.108. The quantitative estimate of drug-likeness (QED) is 0.836. The largest absolute Gasteiger partial charge is 0.468 e. The van der Waals surface area contributed by atoms with Gasteiger partial charge in [0.05, 0.1) is 30.7 Å². The molecule has 0 fully saturated rings. The van der Waals surface area contributed by atoms with Crippen molar-refractivity contribution in [3.05, 3.63) is 53.7 Å². The van der Waals surface area contributed by atoms with Crippen LogP contribution in [0.15, 0.2) is 41.1 Å². The molecule has 2 aromatic heterocycles. The number of furan rings is 1. The Kier molecular flexibility index (Phi) is 4.30. The second-order valence-electron chi connectivity index (χ2n) is 4.15. The molecule has 0 radical (unpaired) electrons. The van der Waals surface area contributed by atoms with Gasteiger partial charge >= 0.3 is 5.97 Å². The molecule has 0 aliphatic rings. The summed E-state index contributed by atoms with van der Waals surface area (Å²) in [5.41, 5.74) is 1.30. The number of nitrogens with zero attached hydrogens (tertiary/aromatic N) is 1. The molecule has 2 rings (SSSR count). The molecule has 19 heavy (non-hydrogen) atoms. The standard InChI is InChI=1S/C14H16N2O3/c1-10(13-4-3-7-19-13)15-9-12-6-5-11(8-16-12)14(17)18-2/h3-8,10,15H,9H2,1-2H3. The van der Waals surface area contributed by atoms with Gasteiger partial charge in [0.25, 0.3) is 0 Å². The Morgan fingerprint density at radius 2 is 2.32 bits per heavy atom. The fraction of sp³-hybridized carbons (Fsp3) is 0.286. The maximum Gasteiger partial charge on any atom is 0.339 e. The van der Waals surface area contributed by atoms with Crippen molar-refractivity contribution in [3.63, 3.8) is 0 Å². The van der Waals surface area contributed by atoms with E-state index in [4.69, 9.17) is 4.42 Å². The molecule has 2 aromatic rings. The Labute approximate surface area is 111 Å². The predicted molar refractivity (Wildman–Crippen MR) is 69.5 cm³/mol. The van der Waals surface area contributed by atoms with Gasteiger partial charge in [-0.3, -0.25) is 4.98 Å². The number of carbonyl (C=O) groups excluding carboxylic acids is 1. The highest BCUT2D eigenvalue weighted by Crippen LogP contribution is 2.12. The minimum Gasteiger partial charge on any atom is -0.468 e. The van der Waals surface area contributed by atoms with Crippen LogP contribution in [-0.2, 0) is 11.3 Å². The van der Waals surface area contributed by atoms with Crippen molar-refractivity contribution in [2.75, 3.05) is 7.11 Å². The normalized spacial score (nSPS) is 12.1. The summed E-state index contributed by atoms with van der Waals surface area (Å²) >= 11 is 0. The van der Waals surface area contributed by atoms with Crippen LogP contribution in [0.4, 0.5) is 0 Å². The predicted octanol–water partition coefficient (Wildman–Crippen LogP) is 2.31. The van der Waals surface area contributed by atoms with Gasteiger partial charge in [-0.2, -0.15) is 0 Å². The van der Waals surface area contributed by atoms with Crippen LogP contribution in [0.25, 0.3) is 0 Å². The number of rotatable bonds is 5. The molecule has 0 aromatic carbocycles. The average Bonchev–Trinajstić information content (AvgIpc) is 2.98. The van der Waals surface area contributed by atoms with E-state index in [0.717, 1.165) is 11.5 Å². The van der Waals surface area contributed by atoms with Crippen molar-refractivity contribution >= 4 is 5.97 Å². The second-order valence-corrected chi connectivity index (χ2v) is 4.15. The Hall–Kier alpha value is -2.14. The van der Waals surface area contributed by atoms with Crippen LogP contribution < -0.4 is 5.32 Å². The number of carbonyl (C=O) groups is 1. The Morgan fingerprint density at radius 3 is 2.89 bits per heavy atom. The lowest BCUT2D eigenvalue weighted by Gasteiger charge is -2.10. The van der Waals surface area contributed by atoms with E-state index in [-0.39, 0.29) is 12.0 Å². The molecule has 0 spiro atoms. The number of nitrogens with one attached hydrogen (secondary N) is 1. The van der Waals surface area contributed by atoms with Crippen LogP contribution in [-0.4, -0.2) is 18.1 Å². The highest BCUT2D eigenvalue weighted by molar-refractivity contribution is 5.88. The first-order valence-electron chi connectivity index (χ1n) is 6.00. The van der Waals surface area contributed by atoms with E-state index in [1.807, 2.05) is 19.1 Å². The van der Waals surface area contributed by atoms with Crippen molar-refractivity contribution < 1.29 is 13.9 Å². The third-order valence-corrected chi connectivity index (χ3v) is 2.81. The molecule has 0 saturated heterocycles. The number of hydrogen-bond acceptors (Lipinski definition) is 5. The van der Waals surface area contributed by atoms with E-state index in [1.54, 1.807) is 18.4 Å². The topological polar surface area (TPSA) is 64.4 Å². The van der Waals surface area contributed by atoms with Gasteiger partial charge in [0.2, 0.25) is 0 Å². The summed E-state index contributed by atoms with van der Waals surface area (Å²) in [5, 5.41) is 3.29. The molecule has 1 N–H and O–H groups in total. The first-order chi connectivity index (χ1) is 9.20. The van der Waals surface area contributed by atoms with Crippen molar-refractivity contribution in [1.29, 1.82) is 0 Å². The monoisotopic (exact) mass is 260 g/mol. The molecule has 100 valence electrons.